The summed E-state index contributed by atoms with van der Waals surface area (Å²) in [5.74, 6) is 0.283. The van der Waals surface area contributed by atoms with E-state index in [1.807, 2.05) is 0 Å². The largest absolute Gasteiger partial charge is 0.469 e. The number of nitrogens with one attached hydrogen (secondary N) is 1. The van der Waals surface area contributed by atoms with Gasteiger partial charge in [0.25, 0.3) is 0 Å². The molecule has 1 heterocycles. The lowest BCUT2D eigenvalue weighted by atomic mass is 9.90. The molecule has 0 unspecified atom stereocenters. The molecule has 1 aliphatic rings. The van der Waals surface area contributed by atoms with E-state index in [2.05, 4.69) is 10.1 Å². The summed E-state index contributed by atoms with van der Waals surface area (Å²) >= 11 is 0. The van der Waals surface area contributed by atoms with Gasteiger partial charge in [-0.15, -0.1) is 0 Å². The van der Waals surface area contributed by atoms with Gasteiger partial charge in [-0.3, -0.25) is 4.79 Å². The van der Waals surface area contributed by atoms with Crippen LogP contribution in [0.4, 0.5) is 0 Å². The highest BCUT2D eigenvalue weighted by Crippen LogP contribution is 2.15. The SMILES string of the molecule is COC(=O)CC[C@H]1CNCC[C@H]1N. The Bertz CT molecular complexity index is 173. The maximum Gasteiger partial charge on any atom is 0.305 e. The summed E-state index contributed by atoms with van der Waals surface area (Å²) in [5, 5.41) is 3.27. The Morgan fingerprint density at radius 3 is 3.08 bits per heavy atom. The highest BCUT2D eigenvalue weighted by molar-refractivity contribution is 5.69. The number of esters is 1. The first-order chi connectivity index (χ1) is 6.24. The van der Waals surface area contributed by atoms with Gasteiger partial charge in [0.15, 0.2) is 0 Å². The number of hydrogen-bond acceptors (Lipinski definition) is 4. The fraction of sp³-hybridized carbons (Fsp3) is 0.889. The summed E-state index contributed by atoms with van der Waals surface area (Å²) in [6.07, 6.45) is 2.32. The van der Waals surface area contributed by atoms with Gasteiger partial charge in [0.1, 0.15) is 0 Å². The molecule has 2 atom stereocenters. The number of carbonyl (C=O) groups is 1. The van der Waals surface area contributed by atoms with Crippen LogP contribution in [0.1, 0.15) is 19.3 Å². The molecule has 3 N–H and O–H groups in total. The van der Waals surface area contributed by atoms with Gasteiger partial charge < -0.3 is 15.8 Å². The predicted octanol–water partition coefficient (Wildman–Crippen LogP) is -0.124. The standard InChI is InChI=1S/C9H18N2O2/c1-13-9(12)3-2-7-6-11-5-4-8(7)10/h7-8,11H,2-6,10H2,1H3/t7-,8+/m0/s1. The topological polar surface area (TPSA) is 64.3 Å². The highest BCUT2D eigenvalue weighted by atomic mass is 16.5. The van der Waals surface area contributed by atoms with Crippen molar-refractivity contribution in [1.29, 1.82) is 0 Å². The van der Waals surface area contributed by atoms with Crippen LogP contribution < -0.4 is 11.1 Å². The first kappa shape index (κ1) is 10.5. The molecular formula is C9H18N2O2. The molecule has 76 valence electrons. The number of ether oxygens (including phenoxy) is 1. The number of nitrogens with two attached hydrogens (primary N) is 1. The quantitative estimate of drug-likeness (QED) is 0.603. The third-order valence-electron chi connectivity index (χ3n) is 2.61. The Balaban J connectivity index is 2.22. The van der Waals surface area contributed by atoms with Gasteiger partial charge in [0.05, 0.1) is 7.11 Å². The van der Waals surface area contributed by atoms with Crippen LogP contribution in [-0.2, 0) is 9.53 Å². The lowest BCUT2D eigenvalue weighted by Gasteiger charge is -2.28. The molecular weight excluding hydrogens is 168 g/mol. The monoisotopic (exact) mass is 186 g/mol. The van der Waals surface area contributed by atoms with Crippen LogP contribution in [-0.4, -0.2) is 32.2 Å². The van der Waals surface area contributed by atoms with Crippen LogP contribution in [0, 0.1) is 5.92 Å². The number of hydrogen-bond donors (Lipinski definition) is 2. The normalized spacial score (nSPS) is 28.5. The van der Waals surface area contributed by atoms with Crippen LogP contribution in [0.3, 0.4) is 0 Å². The molecule has 0 bridgehead atoms. The van der Waals surface area contributed by atoms with Crippen molar-refractivity contribution in [2.75, 3.05) is 20.2 Å². The zero-order chi connectivity index (χ0) is 9.68. The third-order valence-corrected chi connectivity index (χ3v) is 2.61. The Hall–Kier alpha value is -0.610. The summed E-state index contributed by atoms with van der Waals surface area (Å²) in [5.41, 5.74) is 5.91. The molecule has 0 aromatic carbocycles. The molecule has 4 heteroatoms. The van der Waals surface area contributed by atoms with Crippen molar-refractivity contribution in [2.45, 2.75) is 25.3 Å². The van der Waals surface area contributed by atoms with Crippen molar-refractivity contribution in [3.8, 4) is 0 Å². The second-order valence-electron chi connectivity index (χ2n) is 3.53. The summed E-state index contributed by atoms with van der Waals surface area (Å²) in [6.45, 7) is 1.92. The van der Waals surface area contributed by atoms with E-state index in [1.54, 1.807) is 0 Å². The summed E-state index contributed by atoms with van der Waals surface area (Å²) in [4.78, 5) is 10.9. The highest BCUT2D eigenvalue weighted by Gasteiger charge is 2.21. The average molecular weight is 186 g/mol. The minimum atomic E-state index is -0.141. The second-order valence-corrected chi connectivity index (χ2v) is 3.53. The summed E-state index contributed by atoms with van der Waals surface area (Å²) in [6, 6.07) is 0.242. The summed E-state index contributed by atoms with van der Waals surface area (Å²) in [7, 11) is 1.42. The third kappa shape index (κ3) is 3.32. The van der Waals surface area contributed by atoms with E-state index in [1.165, 1.54) is 7.11 Å². The van der Waals surface area contributed by atoms with Crippen molar-refractivity contribution in [1.82, 2.24) is 5.32 Å². The van der Waals surface area contributed by atoms with Crippen molar-refractivity contribution in [3.63, 3.8) is 0 Å². The van der Waals surface area contributed by atoms with Gasteiger partial charge in [-0.1, -0.05) is 0 Å². The number of carbonyl (C=O) groups excluding carboxylic acids is 1. The molecule has 13 heavy (non-hydrogen) atoms. The van der Waals surface area contributed by atoms with Crippen molar-refractivity contribution in [2.24, 2.45) is 11.7 Å². The molecule has 1 fully saturated rings. The number of rotatable bonds is 3. The van der Waals surface area contributed by atoms with E-state index in [4.69, 9.17) is 5.73 Å². The lowest BCUT2D eigenvalue weighted by Crippen LogP contribution is -2.44. The van der Waals surface area contributed by atoms with E-state index in [0.717, 1.165) is 25.9 Å². The van der Waals surface area contributed by atoms with Crippen molar-refractivity contribution < 1.29 is 9.53 Å². The van der Waals surface area contributed by atoms with Gasteiger partial charge in [-0.25, -0.2) is 0 Å². The van der Waals surface area contributed by atoms with E-state index < -0.39 is 0 Å². The number of piperidine rings is 1. The molecule has 4 nitrogen and oxygen atoms in total. The van der Waals surface area contributed by atoms with E-state index in [0.29, 0.717) is 12.3 Å². The van der Waals surface area contributed by atoms with Gasteiger partial charge in [0, 0.05) is 12.5 Å². The van der Waals surface area contributed by atoms with Gasteiger partial charge in [-0.2, -0.15) is 0 Å². The summed E-state index contributed by atoms with van der Waals surface area (Å²) < 4.78 is 4.58. The zero-order valence-corrected chi connectivity index (χ0v) is 8.08. The molecule has 1 aliphatic heterocycles. The van der Waals surface area contributed by atoms with Gasteiger partial charge in [-0.05, 0) is 31.8 Å². The zero-order valence-electron chi connectivity index (χ0n) is 8.08. The Morgan fingerprint density at radius 2 is 2.46 bits per heavy atom. The lowest BCUT2D eigenvalue weighted by molar-refractivity contribution is -0.141. The maximum absolute atomic E-state index is 10.9. The van der Waals surface area contributed by atoms with Crippen LogP contribution in [0.2, 0.25) is 0 Å². The minimum Gasteiger partial charge on any atom is -0.469 e. The smallest absolute Gasteiger partial charge is 0.305 e. The molecule has 1 saturated heterocycles. The molecule has 0 spiro atoms. The van der Waals surface area contributed by atoms with Crippen LogP contribution in [0.15, 0.2) is 0 Å². The Labute approximate surface area is 78.8 Å². The molecule has 0 saturated carbocycles. The van der Waals surface area contributed by atoms with Crippen LogP contribution in [0.5, 0.6) is 0 Å². The molecule has 1 rings (SSSR count). The molecule has 0 radical (unpaired) electrons. The predicted molar refractivity (Wildman–Crippen MR) is 50.2 cm³/mol. The Morgan fingerprint density at radius 1 is 1.69 bits per heavy atom. The van der Waals surface area contributed by atoms with E-state index in [-0.39, 0.29) is 12.0 Å². The molecule has 0 amide bonds. The van der Waals surface area contributed by atoms with Gasteiger partial charge in [0.2, 0.25) is 0 Å². The first-order valence-corrected chi connectivity index (χ1v) is 4.77. The fourth-order valence-electron chi connectivity index (χ4n) is 1.66. The van der Waals surface area contributed by atoms with Crippen LogP contribution >= 0.6 is 0 Å². The Kier molecular flexibility index (Phi) is 4.18. The first-order valence-electron chi connectivity index (χ1n) is 4.77. The fourth-order valence-corrected chi connectivity index (χ4v) is 1.66. The molecule has 0 aliphatic carbocycles. The minimum absolute atomic E-state index is 0.141. The van der Waals surface area contributed by atoms with Crippen molar-refractivity contribution in [3.05, 3.63) is 0 Å². The molecule has 0 aromatic rings. The average Bonchev–Trinajstić information content (AvgIpc) is 2.16. The maximum atomic E-state index is 10.9. The van der Waals surface area contributed by atoms with Gasteiger partial charge >= 0.3 is 5.97 Å². The van der Waals surface area contributed by atoms with Crippen molar-refractivity contribution >= 4 is 5.97 Å². The molecule has 0 aromatic heterocycles. The second kappa shape index (κ2) is 5.19. The van der Waals surface area contributed by atoms with E-state index in [9.17, 15) is 4.79 Å². The van der Waals surface area contributed by atoms with E-state index >= 15 is 0 Å². The number of methoxy groups -OCH3 is 1. The van der Waals surface area contributed by atoms with Crippen LogP contribution in [0.25, 0.3) is 0 Å².